The molecule has 1 amide bonds. The van der Waals surface area contributed by atoms with Gasteiger partial charge in [-0.1, -0.05) is 11.2 Å². The average molecular weight is 313 g/mol. The van der Waals surface area contributed by atoms with Crippen LogP contribution in [0.15, 0.2) is 33.3 Å². The van der Waals surface area contributed by atoms with Gasteiger partial charge < -0.3 is 9.84 Å². The highest BCUT2D eigenvalue weighted by Crippen LogP contribution is 2.20. The van der Waals surface area contributed by atoms with Gasteiger partial charge >= 0.3 is 0 Å². The van der Waals surface area contributed by atoms with E-state index in [-0.39, 0.29) is 22.5 Å². The van der Waals surface area contributed by atoms with Gasteiger partial charge in [-0.05, 0) is 35.0 Å². The number of nitrogens with zero attached hydrogens (tertiary/aromatic N) is 1. The summed E-state index contributed by atoms with van der Waals surface area (Å²) < 4.78 is 18.4. The van der Waals surface area contributed by atoms with Gasteiger partial charge in [-0.15, -0.1) is 0 Å². The van der Waals surface area contributed by atoms with E-state index in [0.717, 1.165) is 5.69 Å². The molecule has 1 aromatic carbocycles. The summed E-state index contributed by atoms with van der Waals surface area (Å²) >= 11 is 3.04. The lowest BCUT2D eigenvalue weighted by atomic mass is 10.2. The summed E-state index contributed by atoms with van der Waals surface area (Å²) in [5.41, 5.74) is 0.984. The van der Waals surface area contributed by atoms with Crippen molar-refractivity contribution in [2.75, 3.05) is 0 Å². The summed E-state index contributed by atoms with van der Waals surface area (Å²) in [5.74, 6) is -0.304. The van der Waals surface area contributed by atoms with Crippen molar-refractivity contribution in [2.24, 2.45) is 0 Å². The molecule has 0 aliphatic rings. The van der Waals surface area contributed by atoms with Crippen molar-refractivity contribution in [3.8, 4) is 0 Å². The summed E-state index contributed by atoms with van der Waals surface area (Å²) in [4.78, 5) is 11.8. The standard InChI is InChI=1S/C12H10BrFN2O2/c1-7-5-8(18-16-7)6-15-12(17)9-3-2-4-10(14)11(9)13/h2-5H,6H2,1H3,(H,15,17). The lowest BCUT2D eigenvalue weighted by Gasteiger charge is -2.05. The molecule has 0 unspecified atom stereocenters. The zero-order valence-electron chi connectivity index (χ0n) is 9.54. The van der Waals surface area contributed by atoms with E-state index in [1.165, 1.54) is 18.2 Å². The van der Waals surface area contributed by atoms with Crippen molar-refractivity contribution < 1.29 is 13.7 Å². The van der Waals surface area contributed by atoms with Crippen molar-refractivity contribution in [2.45, 2.75) is 13.5 Å². The SMILES string of the molecule is Cc1cc(CNC(=O)c2cccc(F)c2Br)on1. The number of benzene rings is 1. The maximum absolute atomic E-state index is 13.3. The predicted octanol–water partition coefficient (Wildman–Crippen LogP) is 2.81. The molecule has 1 aromatic heterocycles. The zero-order chi connectivity index (χ0) is 13.1. The number of rotatable bonds is 3. The largest absolute Gasteiger partial charge is 0.359 e. The van der Waals surface area contributed by atoms with Crippen LogP contribution in [0.5, 0.6) is 0 Å². The number of aromatic nitrogens is 1. The Morgan fingerprint density at radius 2 is 2.33 bits per heavy atom. The molecular formula is C12H10BrFN2O2. The minimum absolute atomic E-state index is 0.149. The van der Waals surface area contributed by atoms with E-state index in [4.69, 9.17) is 4.52 Å². The molecular weight excluding hydrogens is 303 g/mol. The minimum Gasteiger partial charge on any atom is -0.359 e. The number of hydrogen-bond donors (Lipinski definition) is 1. The van der Waals surface area contributed by atoms with Crippen LogP contribution in [-0.4, -0.2) is 11.1 Å². The molecule has 0 spiro atoms. The van der Waals surface area contributed by atoms with Crippen LogP contribution in [0.1, 0.15) is 21.8 Å². The second-order valence-corrected chi connectivity index (χ2v) is 4.51. The van der Waals surface area contributed by atoms with E-state index < -0.39 is 5.82 Å². The number of carbonyl (C=O) groups is 1. The van der Waals surface area contributed by atoms with Crippen molar-refractivity contribution in [1.29, 1.82) is 0 Å². The van der Waals surface area contributed by atoms with Gasteiger partial charge in [0.2, 0.25) is 0 Å². The molecule has 18 heavy (non-hydrogen) atoms. The van der Waals surface area contributed by atoms with Crippen LogP contribution in [0, 0.1) is 12.7 Å². The number of nitrogens with one attached hydrogen (secondary N) is 1. The Bertz CT molecular complexity index is 583. The van der Waals surface area contributed by atoms with Crippen molar-refractivity contribution in [1.82, 2.24) is 10.5 Å². The lowest BCUT2D eigenvalue weighted by molar-refractivity contribution is 0.0945. The number of halogens is 2. The van der Waals surface area contributed by atoms with Gasteiger partial charge in [0, 0.05) is 6.07 Å². The molecule has 0 atom stereocenters. The van der Waals surface area contributed by atoms with Gasteiger partial charge in [0.05, 0.1) is 22.3 Å². The van der Waals surface area contributed by atoms with E-state index in [0.29, 0.717) is 5.76 Å². The summed E-state index contributed by atoms with van der Waals surface area (Å²) in [6, 6.07) is 6.02. The Labute approximate surface area is 111 Å². The molecule has 1 N–H and O–H groups in total. The van der Waals surface area contributed by atoms with Crippen LogP contribution in [0.3, 0.4) is 0 Å². The highest BCUT2D eigenvalue weighted by Gasteiger charge is 2.13. The Morgan fingerprint density at radius 1 is 1.56 bits per heavy atom. The van der Waals surface area contributed by atoms with E-state index in [1.54, 1.807) is 13.0 Å². The average Bonchev–Trinajstić information content (AvgIpc) is 2.76. The van der Waals surface area contributed by atoms with E-state index >= 15 is 0 Å². The fourth-order valence-corrected chi connectivity index (χ4v) is 1.89. The highest BCUT2D eigenvalue weighted by molar-refractivity contribution is 9.10. The van der Waals surface area contributed by atoms with E-state index in [9.17, 15) is 9.18 Å². The number of hydrogen-bond acceptors (Lipinski definition) is 3. The first kappa shape index (κ1) is 12.8. The molecule has 0 radical (unpaired) electrons. The molecule has 0 saturated carbocycles. The number of amides is 1. The predicted molar refractivity (Wildman–Crippen MR) is 66.5 cm³/mol. The third-order valence-electron chi connectivity index (χ3n) is 2.30. The van der Waals surface area contributed by atoms with Crippen LogP contribution in [0.4, 0.5) is 4.39 Å². The summed E-state index contributed by atoms with van der Waals surface area (Å²) in [5, 5.41) is 6.33. The van der Waals surface area contributed by atoms with Gasteiger partial charge in [-0.25, -0.2) is 4.39 Å². The normalized spacial score (nSPS) is 10.4. The third kappa shape index (κ3) is 2.76. The van der Waals surface area contributed by atoms with Crippen molar-refractivity contribution in [3.05, 3.63) is 51.6 Å². The third-order valence-corrected chi connectivity index (χ3v) is 3.10. The second-order valence-electron chi connectivity index (χ2n) is 3.72. The number of carbonyl (C=O) groups excluding carboxylic acids is 1. The van der Waals surface area contributed by atoms with Gasteiger partial charge in [0.25, 0.3) is 5.91 Å². The molecule has 0 aliphatic carbocycles. The second kappa shape index (κ2) is 5.30. The monoisotopic (exact) mass is 312 g/mol. The Balaban J connectivity index is 2.06. The highest BCUT2D eigenvalue weighted by atomic mass is 79.9. The maximum Gasteiger partial charge on any atom is 0.252 e. The molecule has 0 saturated heterocycles. The number of aryl methyl sites for hydroxylation is 1. The molecule has 2 aromatic rings. The Hall–Kier alpha value is -1.69. The van der Waals surface area contributed by atoms with Crippen LogP contribution in [0.2, 0.25) is 0 Å². The molecule has 0 bridgehead atoms. The molecule has 4 nitrogen and oxygen atoms in total. The summed E-state index contributed by atoms with van der Waals surface area (Å²) in [6.45, 7) is 2.00. The molecule has 0 aliphatic heterocycles. The smallest absolute Gasteiger partial charge is 0.252 e. The van der Waals surface area contributed by atoms with Gasteiger partial charge in [-0.3, -0.25) is 4.79 Å². The van der Waals surface area contributed by atoms with Crippen molar-refractivity contribution >= 4 is 21.8 Å². The summed E-state index contributed by atoms with van der Waals surface area (Å²) in [7, 11) is 0. The van der Waals surface area contributed by atoms with Crippen LogP contribution >= 0.6 is 15.9 Å². The fourth-order valence-electron chi connectivity index (χ4n) is 1.44. The lowest BCUT2D eigenvalue weighted by Crippen LogP contribution is -2.23. The first-order valence-corrected chi connectivity index (χ1v) is 6.01. The fraction of sp³-hybridized carbons (Fsp3) is 0.167. The summed E-state index contributed by atoms with van der Waals surface area (Å²) in [6.07, 6.45) is 0. The van der Waals surface area contributed by atoms with Gasteiger partial charge in [0.15, 0.2) is 5.76 Å². The maximum atomic E-state index is 13.3. The molecule has 0 fully saturated rings. The minimum atomic E-state index is -0.474. The van der Waals surface area contributed by atoms with E-state index in [2.05, 4.69) is 26.4 Å². The van der Waals surface area contributed by atoms with Crippen LogP contribution in [0.25, 0.3) is 0 Å². The Kier molecular flexibility index (Phi) is 3.76. The van der Waals surface area contributed by atoms with Crippen LogP contribution < -0.4 is 5.32 Å². The zero-order valence-corrected chi connectivity index (χ0v) is 11.1. The first-order valence-electron chi connectivity index (χ1n) is 5.22. The van der Waals surface area contributed by atoms with Gasteiger partial charge in [0.1, 0.15) is 5.82 Å². The van der Waals surface area contributed by atoms with Crippen molar-refractivity contribution in [3.63, 3.8) is 0 Å². The first-order chi connectivity index (χ1) is 8.58. The quantitative estimate of drug-likeness (QED) is 0.948. The Morgan fingerprint density at radius 3 is 3.00 bits per heavy atom. The topological polar surface area (TPSA) is 55.1 Å². The molecule has 6 heteroatoms. The van der Waals surface area contributed by atoms with Gasteiger partial charge in [-0.2, -0.15) is 0 Å². The molecule has 94 valence electrons. The van der Waals surface area contributed by atoms with Crippen LogP contribution in [-0.2, 0) is 6.54 Å². The van der Waals surface area contributed by atoms with E-state index in [1.807, 2.05) is 0 Å². The molecule has 2 rings (SSSR count). The molecule has 1 heterocycles.